The highest BCUT2D eigenvalue weighted by Crippen LogP contribution is 2.82. The smallest absolute Gasteiger partial charge is 0.293 e. The number of hydrogen-bond donors (Lipinski definition) is 1. The number of nitriles is 2. The Hall–Kier alpha value is -2.48. The maximum Gasteiger partial charge on any atom is 0.293 e. The number of nitrogens with two attached hydrogens (primary N) is 1. The number of hydrogen-bond acceptors (Lipinski definition) is 6. The second-order valence-corrected chi connectivity index (χ2v) is 6.14. The molecule has 1 saturated carbocycles. The summed E-state index contributed by atoms with van der Waals surface area (Å²) < 4.78 is 24.7. The minimum absolute atomic E-state index is 0.0324. The van der Waals surface area contributed by atoms with Gasteiger partial charge in [0.05, 0.1) is 24.8 Å². The van der Waals surface area contributed by atoms with Crippen molar-refractivity contribution in [1.82, 2.24) is 0 Å². The summed E-state index contributed by atoms with van der Waals surface area (Å²) in [5.41, 5.74) is 3.99. The first-order valence-electron chi connectivity index (χ1n) is 7.23. The Kier molecular flexibility index (Phi) is 2.51. The van der Waals surface area contributed by atoms with Crippen LogP contribution in [0.5, 0.6) is 0 Å². The van der Waals surface area contributed by atoms with Crippen LogP contribution in [-0.2, 0) is 9.47 Å². The van der Waals surface area contributed by atoms with E-state index in [1.807, 2.05) is 0 Å². The third-order valence-electron chi connectivity index (χ3n) is 5.01. The lowest BCUT2D eigenvalue weighted by Crippen LogP contribution is -2.39. The molecular formula is C16H13FN4O2. The summed E-state index contributed by atoms with van der Waals surface area (Å²) in [7, 11) is 0. The normalized spacial score (nSPS) is 43.6. The first-order chi connectivity index (χ1) is 11.0. The highest BCUT2D eigenvalue weighted by atomic mass is 19.1. The van der Waals surface area contributed by atoms with Crippen molar-refractivity contribution in [2.24, 2.45) is 21.6 Å². The van der Waals surface area contributed by atoms with Crippen LogP contribution in [0.2, 0.25) is 0 Å². The van der Waals surface area contributed by atoms with E-state index >= 15 is 0 Å². The van der Waals surface area contributed by atoms with Crippen LogP contribution in [-0.4, -0.2) is 24.5 Å². The van der Waals surface area contributed by atoms with Crippen molar-refractivity contribution in [3.63, 3.8) is 0 Å². The van der Waals surface area contributed by atoms with Crippen molar-refractivity contribution in [3.05, 3.63) is 35.6 Å². The average Bonchev–Trinajstić information content (AvgIpc) is 2.92. The number of nitrogens with zero attached hydrogens (tertiary/aromatic N) is 3. The van der Waals surface area contributed by atoms with E-state index in [4.69, 9.17) is 15.2 Å². The molecule has 3 aliphatic rings. The molecule has 2 aliphatic heterocycles. The molecule has 0 unspecified atom stereocenters. The van der Waals surface area contributed by atoms with Gasteiger partial charge < -0.3 is 15.2 Å². The van der Waals surface area contributed by atoms with Gasteiger partial charge in [-0.2, -0.15) is 10.5 Å². The molecule has 2 N–H and O–H groups in total. The molecule has 0 bridgehead atoms. The van der Waals surface area contributed by atoms with Gasteiger partial charge in [-0.3, -0.25) is 0 Å². The molecule has 23 heavy (non-hydrogen) atoms. The Morgan fingerprint density at radius 2 is 2.00 bits per heavy atom. The lowest BCUT2D eigenvalue weighted by atomic mass is 9.94. The summed E-state index contributed by atoms with van der Waals surface area (Å²) in [6.45, 7) is 2.06. The molecular weight excluding hydrogens is 299 g/mol. The Morgan fingerprint density at radius 3 is 2.52 bits per heavy atom. The quantitative estimate of drug-likeness (QED) is 0.844. The van der Waals surface area contributed by atoms with Crippen LogP contribution in [0.3, 0.4) is 0 Å². The standard InChI is InChI=1S/C16H13FN4O2/c1-9-6-22-16(23-9)15(8-19)12(10-2-4-11(17)5-3-10)14(15,7-18)13(20)21-16/h2-5,9,12H,6H2,1H3,(H2,20,21)/t9-,12+,14+,15+,16-/m0/s1. The van der Waals surface area contributed by atoms with Crippen LogP contribution >= 0.6 is 0 Å². The van der Waals surface area contributed by atoms with Crippen LogP contribution in [0.4, 0.5) is 4.39 Å². The van der Waals surface area contributed by atoms with Crippen LogP contribution in [0, 0.1) is 39.3 Å². The first-order valence-corrected chi connectivity index (χ1v) is 7.23. The number of benzene rings is 1. The number of halogens is 1. The number of amidine groups is 1. The molecule has 1 aliphatic carbocycles. The zero-order valence-electron chi connectivity index (χ0n) is 12.3. The maximum atomic E-state index is 13.2. The summed E-state index contributed by atoms with van der Waals surface area (Å²) in [6, 6.07) is 10.0. The summed E-state index contributed by atoms with van der Waals surface area (Å²) >= 11 is 0. The van der Waals surface area contributed by atoms with Crippen molar-refractivity contribution in [2.45, 2.75) is 24.9 Å². The number of aliphatic imine (C=N–C) groups is 1. The van der Waals surface area contributed by atoms with E-state index in [-0.39, 0.29) is 18.5 Å². The number of fused-ring (bicyclic) bond motifs is 2. The van der Waals surface area contributed by atoms with Gasteiger partial charge in [-0.1, -0.05) is 12.1 Å². The molecule has 4 rings (SSSR count). The molecule has 2 fully saturated rings. The van der Waals surface area contributed by atoms with Gasteiger partial charge in [0.1, 0.15) is 17.1 Å². The molecule has 1 aromatic rings. The zero-order valence-corrected chi connectivity index (χ0v) is 12.3. The van der Waals surface area contributed by atoms with E-state index in [2.05, 4.69) is 17.1 Å². The van der Waals surface area contributed by atoms with Crippen LogP contribution in [0.25, 0.3) is 0 Å². The molecule has 0 amide bonds. The summed E-state index contributed by atoms with van der Waals surface area (Å²) in [4.78, 5) is 4.21. The molecule has 0 aromatic heterocycles. The van der Waals surface area contributed by atoms with Crippen molar-refractivity contribution in [3.8, 4) is 12.1 Å². The predicted molar refractivity (Wildman–Crippen MR) is 76.1 cm³/mol. The van der Waals surface area contributed by atoms with Gasteiger partial charge in [-0.25, -0.2) is 9.38 Å². The van der Waals surface area contributed by atoms with Gasteiger partial charge in [-0.15, -0.1) is 0 Å². The third-order valence-corrected chi connectivity index (χ3v) is 5.01. The summed E-state index contributed by atoms with van der Waals surface area (Å²) in [6.07, 6.45) is -0.263. The molecule has 0 radical (unpaired) electrons. The lowest BCUT2D eigenvalue weighted by molar-refractivity contribution is -0.193. The van der Waals surface area contributed by atoms with Crippen molar-refractivity contribution < 1.29 is 13.9 Å². The Labute approximate surface area is 131 Å². The molecule has 2 heterocycles. The fourth-order valence-corrected chi connectivity index (χ4v) is 4.02. The number of rotatable bonds is 1. The monoisotopic (exact) mass is 312 g/mol. The van der Waals surface area contributed by atoms with Gasteiger partial charge in [-0.05, 0) is 24.6 Å². The summed E-state index contributed by atoms with van der Waals surface area (Å²) in [5, 5.41) is 19.7. The fourth-order valence-electron chi connectivity index (χ4n) is 4.02. The highest BCUT2D eigenvalue weighted by Gasteiger charge is 2.94. The molecule has 6 nitrogen and oxygen atoms in total. The van der Waals surface area contributed by atoms with Crippen LogP contribution < -0.4 is 5.73 Å². The molecule has 1 spiro atoms. The average molecular weight is 312 g/mol. The fraction of sp³-hybridized carbons (Fsp3) is 0.438. The molecule has 116 valence electrons. The van der Waals surface area contributed by atoms with Gasteiger partial charge in [0.15, 0.2) is 5.41 Å². The van der Waals surface area contributed by atoms with E-state index < -0.39 is 28.5 Å². The SMILES string of the molecule is C[C@H]1CO[C@]2(N=C(N)[C@@]3(C#N)[C@@H](c4ccc(F)cc4)[C@@]23C#N)O1. The van der Waals surface area contributed by atoms with E-state index in [9.17, 15) is 14.9 Å². The van der Waals surface area contributed by atoms with Crippen LogP contribution in [0.1, 0.15) is 18.4 Å². The van der Waals surface area contributed by atoms with Gasteiger partial charge in [0, 0.05) is 5.92 Å². The van der Waals surface area contributed by atoms with E-state index in [0.717, 1.165) is 0 Å². The van der Waals surface area contributed by atoms with E-state index in [1.54, 1.807) is 19.1 Å². The topological polar surface area (TPSA) is 104 Å². The number of ether oxygens (including phenoxy) is 2. The van der Waals surface area contributed by atoms with Crippen molar-refractivity contribution in [2.75, 3.05) is 6.61 Å². The van der Waals surface area contributed by atoms with E-state index in [1.165, 1.54) is 12.1 Å². The Bertz CT molecular complexity index is 811. The largest absolute Gasteiger partial charge is 0.386 e. The summed E-state index contributed by atoms with van der Waals surface area (Å²) in [5.74, 6) is -2.51. The second kappa shape index (κ2) is 4.08. The van der Waals surface area contributed by atoms with Crippen molar-refractivity contribution in [1.29, 1.82) is 10.5 Å². The van der Waals surface area contributed by atoms with Gasteiger partial charge in [0.25, 0.3) is 5.91 Å². The minimum atomic E-state index is -1.57. The van der Waals surface area contributed by atoms with Crippen molar-refractivity contribution >= 4 is 5.84 Å². The predicted octanol–water partition coefficient (Wildman–Crippen LogP) is 1.40. The highest BCUT2D eigenvalue weighted by molar-refractivity contribution is 6.00. The van der Waals surface area contributed by atoms with E-state index in [0.29, 0.717) is 5.56 Å². The minimum Gasteiger partial charge on any atom is -0.386 e. The van der Waals surface area contributed by atoms with Crippen LogP contribution in [0.15, 0.2) is 29.3 Å². The van der Waals surface area contributed by atoms with Gasteiger partial charge >= 0.3 is 0 Å². The third kappa shape index (κ3) is 1.31. The lowest BCUT2D eigenvalue weighted by Gasteiger charge is -2.26. The zero-order chi connectivity index (χ0) is 16.5. The molecule has 5 atom stereocenters. The maximum absolute atomic E-state index is 13.2. The Balaban J connectivity index is 1.91. The second-order valence-electron chi connectivity index (χ2n) is 6.14. The molecule has 1 aromatic carbocycles. The first kappa shape index (κ1) is 14.1. The molecule has 1 saturated heterocycles. The molecule has 7 heteroatoms. The van der Waals surface area contributed by atoms with Gasteiger partial charge in [0.2, 0.25) is 0 Å². The Morgan fingerprint density at radius 1 is 1.30 bits per heavy atom.